The number of hydrogen-bond acceptors (Lipinski definition) is 5. The van der Waals surface area contributed by atoms with Crippen molar-refractivity contribution in [3.63, 3.8) is 0 Å². The minimum absolute atomic E-state index is 0.492. The third-order valence-electron chi connectivity index (χ3n) is 5.07. The number of aromatic nitrogens is 4. The Hall–Kier alpha value is -1.63. The molecule has 2 aromatic rings. The molecule has 0 saturated carbocycles. The lowest BCUT2D eigenvalue weighted by Gasteiger charge is -2.11. The molecule has 0 aliphatic heterocycles. The van der Waals surface area contributed by atoms with Crippen LogP contribution in [-0.2, 0) is 4.79 Å². The molecule has 2 heterocycles. The molecule has 0 aliphatic carbocycles. The molecule has 6 nitrogen and oxygen atoms in total. The molecule has 0 fully saturated rings. The maximum Gasteiger partial charge on any atom is 0.326 e. The number of imidazole rings is 1. The van der Waals surface area contributed by atoms with Gasteiger partial charge in [0.05, 0.1) is 6.33 Å². The summed E-state index contributed by atoms with van der Waals surface area (Å²) in [5, 5.41) is 10.2. The highest BCUT2D eigenvalue weighted by Gasteiger charge is 2.21. The highest BCUT2D eigenvalue weighted by Crippen LogP contribution is 2.26. The van der Waals surface area contributed by atoms with Gasteiger partial charge in [0.15, 0.2) is 5.65 Å². The average molecular weight is 407 g/mol. The fraction of sp³-hybridized carbons (Fsp3) is 0.714. The molecule has 28 heavy (non-hydrogen) atoms. The van der Waals surface area contributed by atoms with Gasteiger partial charge in [-0.25, -0.2) is 19.7 Å². The van der Waals surface area contributed by atoms with Crippen molar-refractivity contribution >= 4 is 28.9 Å². The molecule has 7 heteroatoms. The monoisotopic (exact) mass is 406 g/mol. The Labute approximate surface area is 172 Å². The quantitative estimate of drug-likeness (QED) is 0.226. The maximum absolute atomic E-state index is 11.4. The van der Waals surface area contributed by atoms with E-state index in [-0.39, 0.29) is 0 Å². The summed E-state index contributed by atoms with van der Waals surface area (Å²) in [5.74, 6) is 0.144. The van der Waals surface area contributed by atoms with E-state index in [2.05, 4.69) is 21.9 Å². The molecule has 2 rings (SSSR count). The topological polar surface area (TPSA) is 80.9 Å². The van der Waals surface area contributed by atoms with Crippen LogP contribution in [0, 0.1) is 0 Å². The normalized spacial score (nSPS) is 12.5. The lowest BCUT2D eigenvalue weighted by Crippen LogP contribution is -2.17. The molecule has 156 valence electrons. The van der Waals surface area contributed by atoms with E-state index in [9.17, 15) is 9.90 Å². The van der Waals surface area contributed by atoms with Gasteiger partial charge in [0.1, 0.15) is 22.9 Å². The molecule has 0 radical (unpaired) electrons. The number of hydrogen-bond donors (Lipinski definition) is 1. The first-order valence-corrected chi connectivity index (χ1v) is 11.7. The van der Waals surface area contributed by atoms with Crippen LogP contribution in [0.1, 0.15) is 90.5 Å². The minimum Gasteiger partial charge on any atom is -0.480 e. The SMILES string of the molecule is CCCCCCCCCCCCSc1ncnc2c1ncn2C(CC)C(=O)O. The first kappa shape index (κ1) is 22.7. The predicted octanol–water partition coefficient (Wildman–Crippen LogP) is 5.88. The number of carboxylic acid groups (broad SMARTS) is 1. The van der Waals surface area contributed by atoms with Crippen molar-refractivity contribution in [2.24, 2.45) is 0 Å². The van der Waals surface area contributed by atoms with Crippen LogP contribution in [0.4, 0.5) is 0 Å². The second-order valence-electron chi connectivity index (χ2n) is 7.30. The summed E-state index contributed by atoms with van der Waals surface area (Å²) in [7, 11) is 0. The van der Waals surface area contributed by atoms with E-state index < -0.39 is 12.0 Å². The third-order valence-corrected chi connectivity index (χ3v) is 6.13. The zero-order valence-electron chi connectivity index (χ0n) is 17.3. The Balaban J connectivity index is 1.73. The number of thioether (sulfide) groups is 1. The van der Waals surface area contributed by atoms with Crippen molar-refractivity contribution in [1.29, 1.82) is 0 Å². The van der Waals surface area contributed by atoms with Gasteiger partial charge in [0.2, 0.25) is 0 Å². The predicted molar refractivity (Wildman–Crippen MR) is 115 cm³/mol. The number of rotatable bonds is 15. The number of fused-ring (bicyclic) bond motifs is 1. The Morgan fingerprint density at radius 2 is 1.64 bits per heavy atom. The van der Waals surface area contributed by atoms with E-state index in [4.69, 9.17) is 0 Å². The lowest BCUT2D eigenvalue weighted by molar-refractivity contribution is -0.140. The summed E-state index contributed by atoms with van der Waals surface area (Å²) in [4.78, 5) is 24.5. The van der Waals surface area contributed by atoms with Crippen LogP contribution < -0.4 is 0 Å². The van der Waals surface area contributed by atoms with Gasteiger partial charge in [0.25, 0.3) is 0 Å². The molecule has 0 bridgehead atoms. The van der Waals surface area contributed by atoms with E-state index in [1.165, 1.54) is 70.5 Å². The molecule has 0 aliphatic rings. The summed E-state index contributed by atoms with van der Waals surface area (Å²) < 4.78 is 1.64. The Kier molecular flexibility index (Phi) is 10.3. The fourth-order valence-corrected chi connectivity index (χ4v) is 4.36. The standard InChI is InChI=1S/C21H34N4O2S/c1-3-5-6-7-8-9-10-11-12-13-14-28-20-18-19(22-15-23-20)25(16-24-18)17(4-2)21(26)27/h15-17H,3-14H2,1-2H3,(H,26,27). The van der Waals surface area contributed by atoms with Crippen LogP contribution in [0.2, 0.25) is 0 Å². The van der Waals surface area contributed by atoms with E-state index in [0.717, 1.165) is 10.8 Å². The van der Waals surface area contributed by atoms with Crippen molar-refractivity contribution in [2.45, 2.75) is 95.5 Å². The van der Waals surface area contributed by atoms with Crippen LogP contribution in [0.15, 0.2) is 17.7 Å². The second kappa shape index (κ2) is 12.8. The van der Waals surface area contributed by atoms with Crippen molar-refractivity contribution in [1.82, 2.24) is 19.5 Å². The van der Waals surface area contributed by atoms with Crippen LogP contribution in [0.3, 0.4) is 0 Å². The van der Waals surface area contributed by atoms with Crippen LogP contribution in [-0.4, -0.2) is 36.3 Å². The van der Waals surface area contributed by atoms with E-state index >= 15 is 0 Å². The average Bonchev–Trinajstić information content (AvgIpc) is 3.11. The summed E-state index contributed by atoms with van der Waals surface area (Å²) in [6.07, 6.45) is 16.9. The molecule has 0 aromatic carbocycles. The van der Waals surface area contributed by atoms with Crippen molar-refractivity contribution in [2.75, 3.05) is 5.75 Å². The van der Waals surface area contributed by atoms with Gasteiger partial charge in [-0.3, -0.25) is 0 Å². The highest BCUT2D eigenvalue weighted by molar-refractivity contribution is 7.99. The Morgan fingerprint density at radius 1 is 1.00 bits per heavy atom. The van der Waals surface area contributed by atoms with Crippen LogP contribution >= 0.6 is 11.8 Å². The first-order valence-electron chi connectivity index (χ1n) is 10.7. The zero-order chi connectivity index (χ0) is 20.2. The molecule has 0 spiro atoms. The summed E-state index contributed by atoms with van der Waals surface area (Å²) >= 11 is 1.69. The van der Waals surface area contributed by atoms with Gasteiger partial charge in [-0.05, 0) is 18.6 Å². The summed E-state index contributed by atoms with van der Waals surface area (Å²) in [5.41, 5.74) is 1.31. The van der Waals surface area contributed by atoms with Crippen LogP contribution in [0.25, 0.3) is 11.2 Å². The number of nitrogens with zero attached hydrogens (tertiary/aromatic N) is 4. The minimum atomic E-state index is -0.861. The van der Waals surface area contributed by atoms with Gasteiger partial charge in [-0.1, -0.05) is 71.6 Å². The highest BCUT2D eigenvalue weighted by atomic mass is 32.2. The molecule has 1 N–H and O–H groups in total. The number of carboxylic acids is 1. The van der Waals surface area contributed by atoms with Gasteiger partial charge in [-0.15, -0.1) is 11.8 Å². The lowest BCUT2D eigenvalue weighted by atomic mass is 10.1. The molecule has 2 aromatic heterocycles. The molecular weight excluding hydrogens is 372 g/mol. The largest absolute Gasteiger partial charge is 0.480 e. The number of aliphatic carboxylic acids is 1. The van der Waals surface area contributed by atoms with Crippen molar-refractivity contribution in [3.05, 3.63) is 12.7 Å². The Morgan fingerprint density at radius 3 is 2.25 bits per heavy atom. The molecule has 1 unspecified atom stereocenters. The smallest absolute Gasteiger partial charge is 0.326 e. The third kappa shape index (κ3) is 6.76. The van der Waals surface area contributed by atoms with Gasteiger partial charge in [-0.2, -0.15) is 0 Å². The molecular formula is C21H34N4O2S. The van der Waals surface area contributed by atoms with Gasteiger partial charge >= 0.3 is 5.97 Å². The molecule has 1 atom stereocenters. The van der Waals surface area contributed by atoms with E-state index in [0.29, 0.717) is 17.6 Å². The fourth-order valence-electron chi connectivity index (χ4n) is 3.41. The van der Waals surface area contributed by atoms with Crippen LogP contribution in [0.5, 0.6) is 0 Å². The van der Waals surface area contributed by atoms with Crippen molar-refractivity contribution in [3.8, 4) is 0 Å². The molecule has 0 saturated heterocycles. The number of carbonyl (C=O) groups is 1. The summed E-state index contributed by atoms with van der Waals surface area (Å²) in [6.45, 7) is 4.11. The van der Waals surface area contributed by atoms with Gasteiger partial charge < -0.3 is 9.67 Å². The van der Waals surface area contributed by atoms with E-state index in [1.54, 1.807) is 22.7 Å². The molecule has 0 amide bonds. The van der Waals surface area contributed by atoms with Gasteiger partial charge in [0, 0.05) is 0 Å². The number of unbranched alkanes of at least 4 members (excludes halogenated alkanes) is 9. The van der Waals surface area contributed by atoms with E-state index in [1.807, 2.05) is 6.92 Å². The van der Waals surface area contributed by atoms with Crippen molar-refractivity contribution < 1.29 is 9.90 Å². The maximum atomic E-state index is 11.4. The summed E-state index contributed by atoms with van der Waals surface area (Å²) in [6, 6.07) is -0.639. The zero-order valence-corrected chi connectivity index (χ0v) is 18.1. The second-order valence-corrected chi connectivity index (χ2v) is 8.38. The Bertz CT molecular complexity index is 719. The first-order chi connectivity index (χ1) is 13.7.